The maximum Gasteiger partial charge on any atom is 0.207 e. The van der Waals surface area contributed by atoms with Crippen LogP contribution < -0.4 is 5.73 Å². The molecule has 0 bridgehead atoms. The molecule has 1 aliphatic carbocycles. The molecule has 1 aliphatic rings. The molecular weight excluding hydrogens is 338 g/mol. The summed E-state index contributed by atoms with van der Waals surface area (Å²) in [5.41, 5.74) is 11.2. The summed E-state index contributed by atoms with van der Waals surface area (Å²) in [5, 5.41) is 21.1. The number of fused-ring (bicyclic) bond motifs is 2. The molecule has 0 radical (unpaired) electrons. The summed E-state index contributed by atoms with van der Waals surface area (Å²) in [6, 6.07) is 9.56. The first-order valence-electron chi connectivity index (χ1n) is 8.34. The van der Waals surface area contributed by atoms with Crippen LogP contribution in [0.4, 0.5) is 5.69 Å². The molecule has 0 aliphatic heterocycles. The third kappa shape index (κ3) is 2.12. The number of pyridine rings is 2. The number of hydrogen-bond donors (Lipinski definition) is 2. The van der Waals surface area contributed by atoms with Gasteiger partial charge in [0.15, 0.2) is 0 Å². The number of nitrogens with two attached hydrogens (primary N) is 1. The largest absolute Gasteiger partial charge is 0.494 e. The highest BCUT2D eigenvalue weighted by atomic mass is 16.3. The Morgan fingerprint density at radius 3 is 2.81 bits per heavy atom. The van der Waals surface area contributed by atoms with Crippen molar-refractivity contribution in [2.75, 3.05) is 5.73 Å². The Labute approximate surface area is 154 Å². The van der Waals surface area contributed by atoms with Crippen molar-refractivity contribution < 1.29 is 5.11 Å². The molecule has 0 amide bonds. The summed E-state index contributed by atoms with van der Waals surface area (Å²) in [6.45, 7) is 0. The van der Waals surface area contributed by atoms with Crippen molar-refractivity contribution in [1.29, 1.82) is 5.26 Å². The highest BCUT2D eigenvalue weighted by Gasteiger charge is 2.19. The lowest BCUT2D eigenvalue weighted by Crippen LogP contribution is -1.95. The van der Waals surface area contributed by atoms with Gasteiger partial charge in [0.2, 0.25) is 5.88 Å². The van der Waals surface area contributed by atoms with Crippen molar-refractivity contribution in [2.45, 2.75) is 0 Å². The Hall–Kier alpha value is -4.11. The van der Waals surface area contributed by atoms with Gasteiger partial charge in [-0.2, -0.15) is 5.26 Å². The van der Waals surface area contributed by atoms with Crippen molar-refractivity contribution in [3.63, 3.8) is 0 Å². The van der Waals surface area contributed by atoms with E-state index in [4.69, 9.17) is 16.0 Å². The number of nitrogen functional groups attached to an aromatic ring is 1. The number of nitrogens with zero attached hydrogens (tertiary/aromatic N) is 4. The molecule has 0 atom stereocenters. The van der Waals surface area contributed by atoms with E-state index in [1.807, 2.05) is 36.4 Å². The molecule has 0 unspecified atom stereocenters. The van der Waals surface area contributed by atoms with E-state index in [1.54, 1.807) is 23.0 Å². The fourth-order valence-electron chi connectivity index (χ4n) is 3.38. The number of rotatable bonds is 2. The number of para-hydroxylation sites is 1. The topological polar surface area (TPSA) is 101 Å². The van der Waals surface area contributed by atoms with Gasteiger partial charge in [-0.05, 0) is 18.2 Å². The van der Waals surface area contributed by atoms with Crippen LogP contribution in [0.5, 0.6) is 5.88 Å². The van der Waals surface area contributed by atoms with E-state index < -0.39 is 0 Å². The Bertz CT molecular complexity index is 1350. The molecule has 6 nitrogen and oxygen atoms in total. The number of hydrogen-bond acceptors (Lipinski definition) is 5. The minimum absolute atomic E-state index is 0.0750. The lowest BCUT2D eigenvalue weighted by molar-refractivity contribution is 0.450. The quantitative estimate of drug-likeness (QED) is 0.572. The highest BCUT2D eigenvalue weighted by Crippen LogP contribution is 2.40. The summed E-state index contributed by atoms with van der Waals surface area (Å²) in [6.07, 6.45) is 10.7. The molecule has 128 valence electrons. The third-order valence-electron chi connectivity index (χ3n) is 4.78. The zero-order chi connectivity index (χ0) is 18.5. The predicted octanol–water partition coefficient (Wildman–Crippen LogP) is 3.82. The van der Waals surface area contributed by atoms with Crippen LogP contribution in [-0.4, -0.2) is 19.6 Å². The second-order valence-electron chi connectivity index (χ2n) is 6.33. The lowest BCUT2D eigenvalue weighted by Gasteiger charge is -2.10. The molecular formula is C21H13N5O. The highest BCUT2D eigenvalue weighted by molar-refractivity contribution is 6.12. The zero-order valence-corrected chi connectivity index (χ0v) is 14.1. The SMILES string of the molecule is N#Cc1cncc(-c2cccc3c(N)c4c(O)n(C5=CC=C5)cc4nc23)c1. The summed E-state index contributed by atoms with van der Waals surface area (Å²) in [4.78, 5) is 8.91. The maximum atomic E-state index is 10.6. The number of nitriles is 1. The maximum absolute atomic E-state index is 10.6. The van der Waals surface area contributed by atoms with Gasteiger partial charge in [-0.1, -0.05) is 24.3 Å². The Balaban J connectivity index is 1.83. The van der Waals surface area contributed by atoms with E-state index in [-0.39, 0.29) is 5.88 Å². The summed E-state index contributed by atoms with van der Waals surface area (Å²) in [7, 11) is 0. The first kappa shape index (κ1) is 15.2. The molecule has 0 fully saturated rings. The number of anilines is 1. The second-order valence-corrected chi connectivity index (χ2v) is 6.33. The fraction of sp³-hybridized carbons (Fsp3) is 0. The average Bonchev–Trinajstić information content (AvgIpc) is 2.96. The van der Waals surface area contributed by atoms with Gasteiger partial charge < -0.3 is 10.8 Å². The molecule has 4 aromatic rings. The third-order valence-corrected chi connectivity index (χ3v) is 4.78. The van der Waals surface area contributed by atoms with Gasteiger partial charge >= 0.3 is 0 Å². The number of allylic oxidation sites excluding steroid dienone is 4. The Morgan fingerprint density at radius 2 is 2.07 bits per heavy atom. The van der Waals surface area contributed by atoms with Gasteiger partial charge in [0.25, 0.3) is 0 Å². The van der Waals surface area contributed by atoms with Crippen LogP contribution in [0, 0.1) is 11.3 Å². The van der Waals surface area contributed by atoms with E-state index in [2.05, 4.69) is 11.1 Å². The lowest BCUT2D eigenvalue weighted by atomic mass is 10.0. The second kappa shape index (κ2) is 5.44. The first-order chi connectivity index (χ1) is 13.2. The van der Waals surface area contributed by atoms with Crippen molar-refractivity contribution in [3.05, 3.63) is 66.6 Å². The van der Waals surface area contributed by atoms with Crippen LogP contribution in [-0.2, 0) is 0 Å². The van der Waals surface area contributed by atoms with E-state index >= 15 is 0 Å². The molecule has 3 N–H and O–H groups in total. The normalized spacial score (nSPS) is 12.8. The molecule has 3 aromatic heterocycles. The van der Waals surface area contributed by atoms with Crippen LogP contribution in [0.2, 0.25) is 0 Å². The Morgan fingerprint density at radius 1 is 1.22 bits per heavy atom. The molecule has 0 spiro atoms. The van der Waals surface area contributed by atoms with Crippen LogP contribution in [0.25, 0.3) is 38.6 Å². The van der Waals surface area contributed by atoms with Crippen molar-refractivity contribution >= 4 is 33.2 Å². The monoisotopic (exact) mass is 351 g/mol. The number of aromatic hydroxyl groups is 1. The minimum Gasteiger partial charge on any atom is -0.494 e. The van der Waals surface area contributed by atoms with Crippen molar-refractivity contribution in [3.8, 4) is 23.1 Å². The van der Waals surface area contributed by atoms with Crippen LogP contribution >= 0.6 is 0 Å². The molecule has 0 saturated carbocycles. The van der Waals surface area contributed by atoms with Crippen LogP contribution in [0.15, 0.2) is 61.1 Å². The summed E-state index contributed by atoms with van der Waals surface area (Å²) < 4.78 is 1.67. The molecule has 3 heterocycles. The standard InChI is InChI=1S/C21H13N5O/c22-8-12-7-13(10-24-9-12)15-5-2-6-16-19(23)18-17(25-20(15)16)11-26(21(18)27)14-3-1-4-14/h1-7,9-11,27H,23H2. The van der Waals surface area contributed by atoms with Gasteiger partial charge in [-0.25, -0.2) is 4.98 Å². The van der Waals surface area contributed by atoms with Gasteiger partial charge in [0.1, 0.15) is 6.07 Å². The smallest absolute Gasteiger partial charge is 0.207 e. The molecule has 27 heavy (non-hydrogen) atoms. The molecule has 1 aromatic carbocycles. The number of aromatic nitrogens is 3. The molecule has 5 rings (SSSR count). The number of benzene rings is 1. The van der Waals surface area contributed by atoms with Crippen molar-refractivity contribution in [1.82, 2.24) is 14.5 Å². The van der Waals surface area contributed by atoms with E-state index in [1.165, 1.54) is 6.20 Å². The van der Waals surface area contributed by atoms with Gasteiger partial charge in [0, 0.05) is 40.8 Å². The fourth-order valence-corrected chi connectivity index (χ4v) is 3.38. The average molecular weight is 351 g/mol. The van der Waals surface area contributed by atoms with Gasteiger partial charge in [0.05, 0.1) is 27.7 Å². The van der Waals surface area contributed by atoms with Crippen molar-refractivity contribution in [2.24, 2.45) is 0 Å². The van der Waals surface area contributed by atoms with Gasteiger partial charge in [-0.3, -0.25) is 9.55 Å². The molecule has 0 saturated heterocycles. The Kier molecular flexibility index (Phi) is 3.06. The van der Waals surface area contributed by atoms with Gasteiger partial charge in [-0.15, -0.1) is 0 Å². The summed E-state index contributed by atoms with van der Waals surface area (Å²) in [5.74, 6) is 0.0750. The minimum atomic E-state index is 0.0750. The van der Waals surface area contributed by atoms with Crippen LogP contribution in [0.3, 0.4) is 0 Å². The molecule has 6 heteroatoms. The van der Waals surface area contributed by atoms with Crippen LogP contribution in [0.1, 0.15) is 5.56 Å². The van der Waals surface area contributed by atoms with E-state index in [0.29, 0.717) is 27.7 Å². The zero-order valence-electron chi connectivity index (χ0n) is 14.1. The summed E-state index contributed by atoms with van der Waals surface area (Å²) >= 11 is 0. The van der Waals surface area contributed by atoms with E-state index in [9.17, 15) is 5.11 Å². The first-order valence-corrected chi connectivity index (χ1v) is 8.34. The predicted molar refractivity (Wildman–Crippen MR) is 105 cm³/mol. The van der Waals surface area contributed by atoms with E-state index in [0.717, 1.165) is 22.2 Å².